The third-order valence-corrected chi connectivity index (χ3v) is 8.01. The third-order valence-electron chi connectivity index (χ3n) is 8.01. The molecule has 1 fully saturated rings. The molecule has 3 aromatic rings. The Labute approximate surface area is 217 Å². The summed E-state index contributed by atoms with van der Waals surface area (Å²) in [6.07, 6.45) is 0.775. The van der Waals surface area contributed by atoms with Gasteiger partial charge in [-0.1, -0.05) is 42.5 Å². The molecule has 0 unspecified atom stereocenters. The standard InChI is InChI=1S/C30H31N3O4/c1-36-25-18-23-24(19-26(25)37-2)29(34)33-13-12-20-8-6-7-11-22(20)28(33)27(23)30(35)32-16-14-31(15-17-32)21-9-4-3-5-10-21/h3-11,18-19,27-28H,12-17H2,1-2H3/t27-,28-/m0/s1. The van der Waals surface area contributed by atoms with Crippen LogP contribution in [0.4, 0.5) is 5.69 Å². The molecule has 6 rings (SSSR count). The molecular weight excluding hydrogens is 466 g/mol. The summed E-state index contributed by atoms with van der Waals surface area (Å²) < 4.78 is 11.1. The number of ether oxygens (including phenoxy) is 2. The zero-order chi connectivity index (χ0) is 25.5. The minimum atomic E-state index is -0.516. The average molecular weight is 498 g/mol. The van der Waals surface area contributed by atoms with E-state index in [1.165, 1.54) is 11.3 Å². The molecule has 3 aliphatic heterocycles. The molecule has 0 spiro atoms. The van der Waals surface area contributed by atoms with Crippen molar-refractivity contribution in [3.05, 3.63) is 89.0 Å². The number of hydrogen-bond donors (Lipinski definition) is 0. The second-order valence-corrected chi connectivity index (χ2v) is 9.81. The minimum Gasteiger partial charge on any atom is -0.493 e. The Bertz CT molecular complexity index is 1330. The number of methoxy groups -OCH3 is 2. The van der Waals surface area contributed by atoms with E-state index in [2.05, 4.69) is 29.2 Å². The quantitative estimate of drug-likeness (QED) is 0.547. The summed E-state index contributed by atoms with van der Waals surface area (Å²) in [5.41, 5.74) is 4.68. The van der Waals surface area contributed by atoms with Crippen molar-refractivity contribution in [3.63, 3.8) is 0 Å². The Kier molecular flexibility index (Phi) is 5.99. The van der Waals surface area contributed by atoms with Gasteiger partial charge >= 0.3 is 0 Å². The summed E-state index contributed by atoms with van der Waals surface area (Å²) in [4.78, 5) is 34.3. The number of para-hydroxylation sites is 1. The Balaban J connectivity index is 1.40. The number of hydrogen-bond acceptors (Lipinski definition) is 5. The van der Waals surface area contributed by atoms with Gasteiger partial charge in [0.1, 0.15) is 0 Å². The highest BCUT2D eigenvalue weighted by Crippen LogP contribution is 2.49. The summed E-state index contributed by atoms with van der Waals surface area (Å²) >= 11 is 0. The summed E-state index contributed by atoms with van der Waals surface area (Å²) in [6, 6.07) is 21.8. The van der Waals surface area contributed by atoms with Gasteiger partial charge in [-0.25, -0.2) is 0 Å². The molecular formula is C30H31N3O4. The molecule has 0 aliphatic carbocycles. The molecule has 2 atom stereocenters. The van der Waals surface area contributed by atoms with Crippen molar-refractivity contribution in [2.75, 3.05) is 51.8 Å². The third kappa shape index (κ3) is 3.89. The van der Waals surface area contributed by atoms with E-state index >= 15 is 0 Å². The first kappa shape index (κ1) is 23.4. The monoisotopic (exact) mass is 497 g/mol. The van der Waals surface area contributed by atoms with Crippen molar-refractivity contribution in [2.24, 2.45) is 0 Å². The Morgan fingerprint density at radius 1 is 0.811 bits per heavy atom. The molecule has 37 heavy (non-hydrogen) atoms. The molecule has 0 bridgehead atoms. The number of benzene rings is 3. The molecule has 1 saturated heterocycles. The summed E-state index contributed by atoms with van der Waals surface area (Å²) in [6.45, 7) is 3.39. The number of piperazine rings is 1. The van der Waals surface area contributed by atoms with E-state index in [4.69, 9.17) is 9.47 Å². The molecule has 0 N–H and O–H groups in total. The van der Waals surface area contributed by atoms with Crippen LogP contribution in [-0.2, 0) is 11.2 Å². The van der Waals surface area contributed by atoms with Crippen molar-refractivity contribution in [1.29, 1.82) is 0 Å². The van der Waals surface area contributed by atoms with E-state index in [0.717, 1.165) is 30.6 Å². The highest BCUT2D eigenvalue weighted by Gasteiger charge is 2.48. The van der Waals surface area contributed by atoms with Gasteiger partial charge < -0.3 is 24.2 Å². The van der Waals surface area contributed by atoms with Crippen LogP contribution in [0.25, 0.3) is 0 Å². The minimum absolute atomic E-state index is 0.0559. The topological polar surface area (TPSA) is 62.3 Å². The molecule has 3 aliphatic rings. The average Bonchev–Trinajstić information content (AvgIpc) is 2.97. The van der Waals surface area contributed by atoms with Gasteiger partial charge in [-0.3, -0.25) is 9.59 Å². The molecule has 7 heteroatoms. The largest absolute Gasteiger partial charge is 0.493 e. The lowest BCUT2D eigenvalue weighted by atomic mass is 9.75. The second-order valence-electron chi connectivity index (χ2n) is 9.81. The SMILES string of the molecule is COc1cc2c(cc1OC)[C@H](C(=O)N1CCN(c3ccccc3)CC1)[C@@H]1c3ccccc3CCN1C2=O. The van der Waals surface area contributed by atoms with Crippen molar-refractivity contribution in [2.45, 2.75) is 18.4 Å². The molecule has 0 saturated carbocycles. The van der Waals surface area contributed by atoms with Gasteiger partial charge in [0.2, 0.25) is 5.91 Å². The number of carbonyl (C=O) groups is 2. The number of rotatable bonds is 4. The van der Waals surface area contributed by atoms with E-state index in [9.17, 15) is 9.59 Å². The summed E-state index contributed by atoms with van der Waals surface area (Å²) in [5.74, 6) is 0.498. The lowest BCUT2D eigenvalue weighted by Crippen LogP contribution is -2.54. The zero-order valence-corrected chi connectivity index (χ0v) is 21.2. The number of nitrogens with zero attached hydrogens (tertiary/aromatic N) is 3. The smallest absolute Gasteiger partial charge is 0.254 e. The fraction of sp³-hybridized carbons (Fsp3) is 0.333. The second kappa shape index (κ2) is 9.47. The van der Waals surface area contributed by atoms with Crippen molar-refractivity contribution in [1.82, 2.24) is 9.80 Å². The van der Waals surface area contributed by atoms with Crippen molar-refractivity contribution >= 4 is 17.5 Å². The lowest BCUT2D eigenvalue weighted by Gasteiger charge is -2.47. The fourth-order valence-corrected chi connectivity index (χ4v) is 6.14. The zero-order valence-electron chi connectivity index (χ0n) is 21.2. The fourth-order valence-electron chi connectivity index (χ4n) is 6.14. The van der Waals surface area contributed by atoms with Crippen LogP contribution < -0.4 is 14.4 Å². The van der Waals surface area contributed by atoms with Crippen LogP contribution in [0.1, 0.15) is 39.0 Å². The highest BCUT2D eigenvalue weighted by atomic mass is 16.5. The van der Waals surface area contributed by atoms with Crippen LogP contribution in [0.2, 0.25) is 0 Å². The van der Waals surface area contributed by atoms with E-state index in [1.807, 2.05) is 46.2 Å². The molecule has 190 valence electrons. The van der Waals surface area contributed by atoms with E-state index in [-0.39, 0.29) is 17.9 Å². The van der Waals surface area contributed by atoms with Gasteiger partial charge in [0.05, 0.1) is 26.2 Å². The van der Waals surface area contributed by atoms with Gasteiger partial charge in [-0.15, -0.1) is 0 Å². The maximum atomic E-state index is 14.4. The number of fused-ring (bicyclic) bond motifs is 4. The van der Waals surface area contributed by atoms with Gasteiger partial charge in [-0.05, 0) is 47.4 Å². The summed E-state index contributed by atoms with van der Waals surface area (Å²) in [7, 11) is 3.14. The Morgan fingerprint density at radius 3 is 2.22 bits per heavy atom. The molecule has 2 amide bonds. The number of anilines is 1. The van der Waals surface area contributed by atoms with Crippen LogP contribution in [-0.4, -0.2) is 68.6 Å². The number of amides is 2. The van der Waals surface area contributed by atoms with Gasteiger partial charge in [-0.2, -0.15) is 0 Å². The highest BCUT2D eigenvalue weighted by molar-refractivity contribution is 6.02. The molecule has 0 aromatic heterocycles. The maximum absolute atomic E-state index is 14.4. The van der Waals surface area contributed by atoms with Gasteiger partial charge in [0, 0.05) is 44.0 Å². The first-order chi connectivity index (χ1) is 18.1. The normalized spacial score (nSPS) is 20.6. The van der Waals surface area contributed by atoms with Crippen molar-refractivity contribution in [3.8, 4) is 11.5 Å². The molecule has 3 aromatic carbocycles. The first-order valence-corrected chi connectivity index (χ1v) is 12.8. The molecule has 7 nitrogen and oxygen atoms in total. The van der Waals surface area contributed by atoms with E-state index in [1.54, 1.807) is 20.3 Å². The lowest BCUT2D eigenvalue weighted by molar-refractivity contribution is -0.135. The maximum Gasteiger partial charge on any atom is 0.254 e. The molecule has 0 radical (unpaired) electrons. The van der Waals surface area contributed by atoms with Gasteiger partial charge in [0.15, 0.2) is 11.5 Å². The summed E-state index contributed by atoms with van der Waals surface area (Å²) in [5, 5.41) is 0. The van der Waals surface area contributed by atoms with Crippen LogP contribution in [0.5, 0.6) is 11.5 Å². The van der Waals surface area contributed by atoms with E-state index in [0.29, 0.717) is 36.7 Å². The number of carbonyl (C=O) groups excluding carboxylic acids is 2. The Morgan fingerprint density at radius 2 is 1.49 bits per heavy atom. The Hall–Kier alpha value is -4.00. The first-order valence-electron chi connectivity index (χ1n) is 12.8. The van der Waals surface area contributed by atoms with Crippen LogP contribution >= 0.6 is 0 Å². The predicted octanol–water partition coefficient (Wildman–Crippen LogP) is 3.89. The van der Waals surface area contributed by atoms with Gasteiger partial charge in [0.25, 0.3) is 5.91 Å². The van der Waals surface area contributed by atoms with Crippen molar-refractivity contribution < 1.29 is 19.1 Å². The van der Waals surface area contributed by atoms with Crippen LogP contribution in [0.15, 0.2) is 66.7 Å². The van der Waals surface area contributed by atoms with Crippen LogP contribution in [0, 0.1) is 0 Å². The molecule has 3 heterocycles. The predicted molar refractivity (Wildman–Crippen MR) is 141 cm³/mol. The van der Waals surface area contributed by atoms with Crippen LogP contribution in [0.3, 0.4) is 0 Å². The van der Waals surface area contributed by atoms with E-state index < -0.39 is 5.92 Å².